The van der Waals surface area contributed by atoms with Gasteiger partial charge in [0.25, 0.3) is 0 Å². The lowest BCUT2D eigenvalue weighted by Gasteiger charge is -2.04. The molecular weight excluding hydrogens is 396 g/mol. The van der Waals surface area contributed by atoms with Gasteiger partial charge < -0.3 is 19.3 Å². The summed E-state index contributed by atoms with van der Waals surface area (Å²) in [6.45, 7) is 4.67. The Labute approximate surface area is 183 Å². The smallest absolute Gasteiger partial charge is 0.330 e. The second-order valence-corrected chi connectivity index (χ2v) is 6.87. The van der Waals surface area contributed by atoms with Crippen LogP contribution in [0, 0.1) is 5.92 Å². The number of aliphatic carboxylic acids is 1. The fourth-order valence-electron chi connectivity index (χ4n) is 2.29. The topological polar surface area (TPSA) is 82.1 Å². The Balaban J connectivity index is 0.000000327. The minimum absolute atomic E-state index is 0.300. The Morgan fingerprint density at radius 1 is 0.935 bits per heavy atom. The molecule has 0 heterocycles. The first-order valence-corrected chi connectivity index (χ1v) is 9.88. The summed E-state index contributed by atoms with van der Waals surface area (Å²) < 4.78 is 15.2. The van der Waals surface area contributed by atoms with Gasteiger partial charge in [-0.05, 0) is 48.3 Å². The van der Waals surface area contributed by atoms with Crippen LogP contribution in [-0.2, 0) is 14.3 Å². The maximum absolute atomic E-state index is 11.4. The first-order chi connectivity index (χ1) is 14.8. The van der Waals surface area contributed by atoms with Crippen molar-refractivity contribution in [1.29, 1.82) is 0 Å². The summed E-state index contributed by atoms with van der Waals surface area (Å²) in [6.07, 6.45) is 6.65. The average Bonchev–Trinajstić information content (AvgIpc) is 2.77. The van der Waals surface area contributed by atoms with Crippen molar-refractivity contribution in [3.63, 3.8) is 0 Å². The minimum Gasteiger partial charge on any atom is -0.497 e. The Morgan fingerprint density at radius 2 is 1.61 bits per heavy atom. The molecule has 0 aliphatic heterocycles. The number of esters is 1. The van der Waals surface area contributed by atoms with E-state index in [2.05, 4.69) is 13.8 Å². The number of carbonyl (C=O) groups excluding carboxylic acids is 1. The largest absolute Gasteiger partial charge is 0.497 e. The Kier molecular flexibility index (Phi) is 11.9. The third-order valence-electron chi connectivity index (χ3n) is 4.01. The van der Waals surface area contributed by atoms with Gasteiger partial charge in [-0.3, -0.25) is 0 Å². The van der Waals surface area contributed by atoms with Crippen molar-refractivity contribution in [2.45, 2.75) is 20.3 Å². The highest BCUT2D eigenvalue weighted by atomic mass is 16.5. The van der Waals surface area contributed by atoms with Gasteiger partial charge in [0.2, 0.25) is 0 Å². The quantitative estimate of drug-likeness (QED) is 0.444. The SMILES string of the molecule is COc1ccc(C=CC(=O)OCCC(C)C)cc1.COc1ccccc1/C=C/C(=O)O. The number of carboxylic acids is 1. The molecule has 2 rings (SSSR count). The number of benzene rings is 2. The molecule has 0 saturated carbocycles. The second kappa shape index (κ2) is 14.4. The second-order valence-electron chi connectivity index (χ2n) is 6.87. The van der Waals surface area contributed by atoms with Gasteiger partial charge in [0.1, 0.15) is 11.5 Å². The lowest BCUT2D eigenvalue weighted by atomic mass is 10.1. The van der Waals surface area contributed by atoms with Crippen molar-refractivity contribution in [3.05, 3.63) is 71.8 Å². The molecule has 0 radical (unpaired) electrons. The van der Waals surface area contributed by atoms with Gasteiger partial charge in [-0.15, -0.1) is 0 Å². The summed E-state index contributed by atoms with van der Waals surface area (Å²) in [7, 11) is 3.17. The van der Waals surface area contributed by atoms with Crippen molar-refractivity contribution in [1.82, 2.24) is 0 Å². The van der Waals surface area contributed by atoms with E-state index in [0.717, 1.165) is 29.4 Å². The summed E-state index contributed by atoms with van der Waals surface area (Å²) in [5.74, 6) is 0.743. The molecule has 0 fully saturated rings. The van der Waals surface area contributed by atoms with Crippen LogP contribution in [0.2, 0.25) is 0 Å². The van der Waals surface area contributed by atoms with Crippen molar-refractivity contribution in [3.8, 4) is 11.5 Å². The predicted octanol–water partition coefficient (Wildman–Crippen LogP) is 5.09. The molecule has 0 unspecified atom stereocenters. The lowest BCUT2D eigenvalue weighted by molar-refractivity contribution is -0.138. The van der Waals surface area contributed by atoms with Gasteiger partial charge >= 0.3 is 11.9 Å². The van der Waals surface area contributed by atoms with Crippen LogP contribution < -0.4 is 9.47 Å². The molecule has 0 atom stereocenters. The fourth-order valence-corrected chi connectivity index (χ4v) is 2.29. The zero-order valence-corrected chi connectivity index (χ0v) is 18.4. The van der Waals surface area contributed by atoms with Crippen LogP contribution in [0.4, 0.5) is 0 Å². The summed E-state index contributed by atoms with van der Waals surface area (Å²) in [6, 6.07) is 14.7. The molecule has 0 amide bonds. The molecule has 2 aromatic rings. The van der Waals surface area contributed by atoms with Crippen LogP contribution in [0.1, 0.15) is 31.4 Å². The first-order valence-electron chi connectivity index (χ1n) is 9.88. The number of para-hydroxylation sites is 1. The van der Waals surface area contributed by atoms with E-state index in [1.165, 1.54) is 12.2 Å². The molecule has 166 valence electrons. The van der Waals surface area contributed by atoms with E-state index < -0.39 is 5.97 Å². The van der Waals surface area contributed by atoms with E-state index in [4.69, 9.17) is 19.3 Å². The number of carboxylic acid groups (broad SMARTS) is 1. The van der Waals surface area contributed by atoms with E-state index in [9.17, 15) is 9.59 Å². The zero-order chi connectivity index (χ0) is 23.1. The van der Waals surface area contributed by atoms with E-state index >= 15 is 0 Å². The highest BCUT2D eigenvalue weighted by molar-refractivity contribution is 5.87. The molecule has 0 bridgehead atoms. The highest BCUT2D eigenvalue weighted by Gasteiger charge is 1.99. The molecule has 6 heteroatoms. The molecule has 0 aliphatic carbocycles. The van der Waals surface area contributed by atoms with Gasteiger partial charge in [-0.25, -0.2) is 9.59 Å². The fraction of sp³-hybridized carbons (Fsp3) is 0.280. The molecule has 6 nitrogen and oxygen atoms in total. The Bertz CT molecular complexity index is 866. The molecule has 2 aromatic carbocycles. The maximum atomic E-state index is 11.4. The number of hydrogen-bond donors (Lipinski definition) is 1. The van der Waals surface area contributed by atoms with Gasteiger partial charge in [0, 0.05) is 17.7 Å². The van der Waals surface area contributed by atoms with Crippen LogP contribution in [0.3, 0.4) is 0 Å². The van der Waals surface area contributed by atoms with Gasteiger partial charge in [-0.1, -0.05) is 44.2 Å². The third-order valence-corrected chi connectivity index (χ3v) is 4.01. The number of methoxy groups -OCH3 is 2. The van der Waals surface area contributed by atoms with E-state index in [1.807, 2.05) is 36.4 Å². The summed E-state index contributed by atoms with van der Waals surface area (Å²) in [5.41, 5.74) is 1.70. The Morgan fingerprint density at radius 3 is 2.19 bits per heavy atom. The minimum atomic E-state index is -0.967. The van der Waals surface area contributed by atoms with Crippen molar-refractivity contribution in [2.75, 3.05) is 20.8 Å². The van der Waals surface area contributed by atoms with Gasteiger partial charge in [0.15, 0.2) is 0 Å². The third kappa shape index (κ3) is 11.3. The van der Waals surface area contributed by atoms with Crippen molar-refractivity contribution >= 4 is 24.1 Å². The van der Waals surface area contributed by atoms with Crippen LogP contribution in [0.5, 0.6) is 11.5 Å². The van der Waals surface area contributed by atoms with Crippen LogP contribution in [0.15, 0.2) is 60.7 Å². The first kappa shape index (κ1) is 25.5. The maximum Gasteiger partial charge on any atom is 0.330 e. The average molecular weight is 427 g/mol. The standard InChI is InChI=1S/C15H20O3.C10H10O3/c1-12(2)10-11-18-15(16)9-6-13-4-7-14(17-3)8-5-13;1-13-9-5-3-2-4-8(9)6-7-10(11)12/h4-9,12H,10-11H2,1-3H3;2-7H,1H3,(H,11,12)/b;7-6+. The van der Waals surface area contributed by atoms with Crippen LogP contribution >= 0.6 is 0 Å². The van der Waals surface area contributed by atoms with Crippen LogP contribution in [-0.4, -0.2) is 37.9 Å². The van der Waals surface area contributed by atoms with E-state index in [1.54, 1.807) is 32.4 Å². The van der Waals surface area contributed by atoms with E-state index in [0.29, 0.717) is 18.3 Å². The number of ether oxygens (including phenoxy) is 3. The highest BCUT2D eigenvalue weighted by Crippen LogP contribution is 2.18. The van der Waals surface area contributed by atoms with Crippen molar-refractivity contribution in [2.24, 2.45) is 5.92 Å². The number of rotatable bonds is 9. The predicted molar refractivity (Wildman–Crippen MR) is 122 cm³/mol. The number of carbonyl (C=O) groups is 2. The molecule has 0 aromatic heterocycles. The molecule has 1 N–H and O–H groups in total. The summed E-state index contributed by atoms with van der Waals surface area (Å²) in [5, 5.41) is 8.41. The summed E-state index contributed by atoms with van der Waals surface area (Å²) in [4.78, 5) is 21.6. The normalized spacial score (nSPS) is 10.6. The molecule has 31 heavy (non-hydrogen) atoms. The Hall–Kier alpha value is -3.54. The molecule has 0 aliphatic rings. The van der Waals surface area contributed by atoms with Gasteiger partial charge in [-0.2, -0.15) is 0 Å². The van der Waals surface area contributed by atoms with Crippen LogP contribution in [0.25, 0.3) is 12.2 Å². The molecular formula is C25H30O6. The van der Waals surface area contributed by atoms with Crippen molar-refractivity contribution < 1.29 is 28.9 Å². The number of hydrogen-bond acceptors (Lipinski definition) is 5. The summed E-state index contributed by atoms with van der Waals surface area (Å²) >= 11 is 0. The lowest BCUT2D eigenvalue weighted by Crippen LogP contribution is -2.04. The monoisotopic (exact) mass is 426 g/mol. The van der Waals surface area contributed by atoms with Gasteiger partial charge in [0.05, 0.1) is 20.8 Å². The zero-order valence-electron chi connectivity index (χ0n) is 18.4. The molecule has 0 spiro atoms. The molecule has 0 saturated heterocycles. The van der Waals surface area contributed by atoms with E-state index in [-0.39, 0.29) is 5.97 Å².